The molecule has 0 saturated carbocycles. The molecule has 1 aromatic rings. The SMILES string of the molecule is CCC(C=O)=Cc1ccc2c(c1)CCO2. The van der Waals surface area contributed by atoms with Crippen molar-refractivity contribution in [3.8, 4) is 5.75 Å². The fraction of sp³-hybridized carbons (Fsp3) is 0.308. The summed E-state index contributed by atoms with van der Waals surface area (Å²) < 4.78 is 5.42. The number of fused-ring (bicyclic) bond motifs is 1. The largest absolute Gasteiger partial charge is 0.493 e. The van der Waals surface area contributed by atoms with Crippen LogP contribution in [0.5, 0.6) is 5.75 Å². The van der Waals surface area contributed by atoms with Gasteiger partial charge in [-0.15, -0.1) is 0 Å². The summed E-state index contributed by atoms with van der Waals surface area (Å²) in [7, 11) is 0. The second-order valence-electron chi connectivity index (χ2n) is 3.66. The first-order chi connectivity index (χ1) is 7.33. The number of hydrogen-bond donors (Lipinski definition) is 0. The van der Waals surface area contributed by atoms with E-state index in [0.717, 1.165) is 42.6 Å². The molecule has 0 amide bonds. The molecule has 0 bridgehead atoms. The number of carbonyl (C=O) groups excluding carboxylic acids is 1. The Morgan fingerprint density at radius 3 is 3.13 bits per heavy atom. The summed E-state index contributed by atoms with van der Waals surface area (Å²) in [5.74, 6) is 0.983. The van der Waals surface area contributed by atoms with Crippen LogP contribution >= 0.6 is 0 Å². The molecule has 2 nitrogen and oxygen atoms in total. The smallest absolute Gasteiger partial charge is 0.146 e. The Labute approximate surface area is 89.6 Å². The summed E-state index contributed by atoms with van der Waals surface area (Å²) in [6, 6.07) is 6.07. The van der Waals surface area contributed by atoms with Crippen molar-refractivity contribution >= 4 is 12.4 Å². The van der Waals surface area contributed by atoms with Crippen molar-refractivity contribution in [1.82, 2.24) is 0 Å². The van der Waals surface area contributed by atoms with E-state index in [1.54, 1.807) is 0 Å². The zero-order valence-corrected chi connectivity index (χ0v) is 8.82. The highest BCUT2D eigenvalue weighted by Crippen LogP contribution is 2.26. The third kappa shape index (κ3) is 2.09. The van der Waals surface area contributed by atoms with Gasteiger partial charge in [0.15, 0.2) is 0 Å². The third-order valence-corrected chi connectivity index (χ3v) is 2.63. The van der Waals surface area contributed by atoms with Crippen LogP contribution in [0.4, 0.5) is 0 Å². The van der Waals surface area contributed by atoms with E-state index in [4.69, 9.17) is 4.74 Å². The van der Waals surface area contributed by atoms with Gasteiger partial charge in [0.05, 0.1) is 6.61 Å². The molecule has 0 unspecified atom stereocenters. The van der Waals surface area contributed by atoms with Gasteiger partial charge in [0.1, 0.15) is 12.0 Å². The van der Waals surface area contributed by atoms with Crippen LogP contribution in [0.25, 0.3) is 6.08 Å². The minimum atomic E-state index is 0.775. The molecule has 15 heavy (non-hydrogen) atoms. The number of aldehydes is 1. The Bertz CT molecular complexity index is 405. The van der Waals surface area contributed by atoms with Gasteiger partial charge >= 0.3 is 0 Å². The van der Waals surface area contributed by atoms with Gasteiger partial charge in [-0.3, -0.25) is 4.79 Å². The topological polar surface area (TPSA) is 26.3 Å². The van der Waals surface area contributed by atoms with Crippen LogP contribution in [0.1, 0.15) is 24.5 Å². The Hall–Kier alpha value is -1.57. The molecule has 2 heteroatoms. The Morgan fingerprint density at radius 1 is 1.53 bits per heavy atom. The second-order valence-corrected chi connectivity index (χ2v) is 3.66. The van der Waals surface area contributed by atoms with Gasteiger partial charge in [-0.2, -0.15) is 0 Å². The molecule has 0 atom stereocenters. The standard InChI is InChI=1S/C13H14O2/c1-2-10(9-14)7-11-3-4-13-12(8-11)5-6-15-13/h3-4,7-9H,2,5-6H2,1H3. The molecule has 0 spiro atoms. The zero-order chi connectivity index (χ0) is 10.7. The van der Waals surface area contributed by atoms with E-state index < -0.39 is 0 Å². The van der Waals surface area contributed by atoms with Crippen LogP contribution < -0.4 is 4.74 Å². The summed E-state index contributed by atoms with van der Waals surface area (Å²) >= 11 is 0. The van der Waals surface area contributed by atoms with Crippen molar-refractivity contribution in [2.24, 2.45) is 0 Å². The molecule has 0 aliphatic carbocycles. The maximum absolute atomic E-state index is 10.7. The number of hydrogen-bond acceptors (Lipinski definition) is 2. The van der Waals surface area contributed by atoms with Crippen molar-refractivity contribution in [1.29, 1.82) is 0 Å². The first-order valence-corrected chi connectivity index (χ1v) is 5.25. The van der Waals surface area contributed by atoms with Gasteiger partial charge < -0.3 is 4.74 Å². The van der Waals surface area contributed by atoms with Crippen LogP contribution in [0.2, 0.25) is 0 Å². The first kappa shape index (κ1) is 9.97. The lowest BCUT2D eigenvalue weighted by atomic mass is 10.1. The predicted octanol–water partition coefficient (Wildman–Crippen LogP) is 2.61. The average molecular weight is 202 g/mol. The Morgan fingerprint density at radius 2 is 2.40 bits per heavy atom. The molecule has 1 aliphatic heterocycles. The molecule has 1 heterocycles. The molecular formula is C13H14O2. The van der Waals surface area contributed by atoms with Crippen LogP contribution in [-0.4, -0.2) is 12.9 Å². The van der Waals surface area contributed by atoms with Gasteiger partial charge in [-0.25, -0.2) is 0 Å². The van der Waals surface area contributed by atoms with Crippen LogP contribution in [0, 0.1) is 0 Å². The maximum atomic E-state index is 10.7. The van der Waals surface area contributed by atoms with Crippen molar-refractivity contribution < 1.29 is 9.53 Å². The number of benzene rings is 1. The minimum Gasteiger partial charge on any atom is -0.493 e. The highest BCUT2D eigenvalue weighted by Gasteiger charge is 2.11. The second kappa shape index (κ2) is 4.30. The van der Waals surface area contributed by atoms with E-state index in [1.807, 2.05) is 25.1 Å². The first-order valence-electron chi connectivity index (χ1n) is 5.25. The van der Waals surface area contributed by atoms with E-state index in [0.29, 0.717) is 0 Å². The van der Waals surface area contributed by atoms with Crippen molar-refractivity contribution in [3.05, 3.63) is 34.9 Å². The van der Waals surface area contributed by atoms with E-state index >= 15 is 0 Å². The molecule has 78 valence electrons. The molecule has 1 aromatic carbocycles. The fourth-order valence-corrected chi connectivity index (χ4v) is 1.73. The van der Waals surface area contributed by atoms with Crippen LogP contribution in [0.3, 0.4) is 0 Å². The minimum absolute atomic E-state index is 0.775. The normalized spacial score (nSPS) is 14.6. The van der Waals surface area contributed by atoms with Crippen LogP contribution in [0.15, 0.2) is 23.8 Å². The quantitative estimate of drug-likeness (QED) is 0.556. The number of rotatable bonds is 3. The van der Waals surface area contributed by atoms with Gasteiger partial charge in [-0.1, -0.05) is 13.0 Å². The summed E-state index contributed by atoms with van der Waals surface area (Å²) in [5, 5.41) is 0. The highest BCUT2D eigenvalue weighted by atomic mass is 16.5. The molecule has 0 N–H and O–H groups in total. The summed E-state index contributed by atoms with van der Waals surface area (Å²) in [6.45, 7) is 2.76. The van der Waals surface area contributed by atoms with E-state index in [9.17, 15) is 4.79 Å². The predicted molar refractivity (Wildman–Crippen MR) is 60.0 cm³/mol. The number of allylic oxidation sites excluding steroid dienone is 1. The lowest BCUT2D eigenvalue weighted by Crippen LogP contribution is -1.85. The highest BCUT2D eigenvalue weighted by molar-refractivity contribution is 5.81. The molecule has 0 fully saturated rings. The molecule has 1 aliphatic rings. The molecule has 0 radical (unpaired) electrons. The average Bonchev–Trinajstić information content (AvgIpc) is 2.73. The summed E-state index contributed by atoms with van der Waals surface area (Å²) in [5.41, 5.74) is 3.15. The van der Waals surface area contributed by atoms with Crippen molar-refractivity contribution in [2.45, 2.75) is 19.8 Å². The van der Waals surface area contributed by atoms with Crippen molar-refractivity contribution in [2.75, 3.05) is 6.61 Å². The monoisotopic (exact) mass is 202 g/mol. The summed E-state index contributed by atoms with van der Waals surface area (Å²) in [6.07, 6.45) is 4.60. The number of carbonyl (C=O) groups is 1. The maximum Gasteiger partial charge on any atom is 0.146 e. The fourth-order valence-electron chi connectivity index (χ4n) is 1.73. The van der Waals surface area contributed by atoms with Gasteiger partial charge in [0.2, 0.25) is 0 Å². The third-order valence-electron chi connectivity index (χ3n) is 2.63. The summed E-state index contributed by atoms with van der Waals surface area (Å²) in [4.78, 5) is 10.7. The zero-order valence-electron chi connectivity index (χ0n) is 8.82. The van der Waals surface area contributed by atoms with Gasteiger partial charge in [0.25, 0.3) is 0 Å². The molecule has 0 aromatic heterocycles. The van der Waals surface area contributed by atoms with E-state index in [-0.39, 0.29) is 0 Å². The lowest BCUT2D eigenvalue weighted by molar-refractivity contribution is -0.104. The Kier molecular flexibility index (Phi) is 2.86. The number of ether oxygens (including phenoxy) is 1. The lowest BCUT2D eigenvalue weighted by Gasteiger charge is -2.00. The molecule has 2 rings (SSSR count). The van der Waals surface area contributed by atoms with Crippen molar-refractivity contribution in [3.63, 3.8) is 0 Å². The van der Waals surface area contributed by atoms with Gasteiger partial charge in [0, 0.05) is 6.42 Å². The Balaban J connectivity index is 2.30. The molecule has 0 saturated heterocycles. The van der Waals surface area contributed by atoms with E-state index in [1.165, 1.54) is 5.56 Å². The van der Waals surface area contributed by atoms with Crippen LogP contribution in [-0.2, 0) is 11.2 Å². The van der Waals surface area contributed by atoms with E-state index in [2.05, 4.69) is 6.07 Å². The van der Waals surface area contributed by atoms with Gasteiger partial charge in [-0.05, 0) is 41.3 Å². The molecular weight excluding hydrogens is 188 g/mol.